The molecule has 0 aromatic carbocycles. The molecule has 0 spiro atoms. The Morgan fingerprint density at radius 1 is 1.28 bits per heavy atom. The minimum Gasteiger partial charge on any atom is -0.498 e. The van der Waals surface area contributed by atoms with Gasteiger partial charge < -0.3 is 24.6 Å². The van der Waals surface area contributed by atoms with Crippen molar-refractivity contribution >= 4 is 0 Å². The maximum atomic E-state index is 10.2. The molecule has 0 radical (unpaired) electrons. The van der Waals surface area contributed by atoms with Crippen molar-refractivity contribution in [1.82, 2.24) is 4.90 Å². The number of likely N-dealkylation sites (N-methyl/N-ethyl adjacent to an activating group) is 1. The van der Waals surface area contributed by atoms with Crippen LogP contribution in [0.1, 0.15) is 47.5 Å². The quantitative estimate of drug-likeness (QED) is 0.697. The zero-order valence-electron chi connectivity index (χ0n) is 17.6. The first-order valence-corrected chi connectivity index (χ1v) is 9.41. The molecule has 1 aliphatic carbocycles. The molecule has 1 aliphatic rings. The Balaban J connectivity index is 0. The average molecular weight is 360 g/mol. The van der Waals surface area contributed by atoms with Crippen LogP contribution in [0, 0.1) is 5.92 Å². The molecule has 1 rings (SSSR count). The third kappa shape index (κ3) is 10.00. The van der Waals surface area contributed by atoms with Gasteiger partial charge in [0.1, 0.15) is 11.9 Å². The van der Waals surface area contributed by atoms with Crippen molar-refractivity contribution < 1.29 is 19.7 Å². The third-order valence-corrected chi connectivity index (χ3v) is 4.25. The van der Waals surface area contributed by atoms with Crippen LogP contribution in [0.25, 0.3) is 0 Å². The fourth-order valence-electron chi connectivity index (χ4n) is 2.25. The molecule has 2 unspecified atom stereocenters. The lowest BCUT2D eigenvalue weighted by Gasteiger charge is -2.27. The molecule has 5 heteroatoms. The monoisotopic (exact) mass is 359 g/mol. The Bertz CT molecular complexity index is 369. The molecule has 5 nitrogen and oxygen atoms in total. The number of rotatable bonds is 8. The normalized spacial score (nSPS) is 18.8. The predicted octanol–water partition coefficient (Wildman–Crippen LogP) is 3.23. The van der Waals surface area contributed by atoms with E-state index in [1.165, 1.54) is 0 Å². The van der Waals surface area contributed by atoms with Crippen LogP contribution >= 0.6 is 0 Å². The summed E-state index contributed by atoms with van der Waals surface area (Å²) in [4.78, 5) is 2.06. The van der Waals surface area contributed by atoms with Gasteiger partial charge in [-0.1, -0.05) is 53.2 Å². The van der Waals surface area contributed by atoms with Crippen molar-refractivity contribution in [2.24, 2.45) is 5.92 Å². The highest BCUT2D eigenvalue weighted by atomic mass is 16.5. The molecule has 0 saturated heterocycles. The van der Waals surface area contributed by atoms with E-state index in [0.717, 1.165) is 37.3 Å². The molecular formula is C20H41NO4. The second-order valence-corrected chi connectivity index (χ2v) is 5.84. The van der Waals surface area contributed by atoms with E-state index < -0.39 is 6.10 Å². The van der Waals surface area contributed by atoms with E-state index in [9.17, 15) is 5.11 Å². The van der Waals surface area contributed by atoms with Gasteiger partial charge in [-0.2, -0.15) is 0 Å². The Morgan fingerprint density at radius 3 is 2.24 bits per heavy atom. The zero-order valence-corrected chi connectivity index (χ0v) is 17.6. The highest BCUT2D eigenvalue weighted by molar-refractivity contribution is 5.33. The fourth-order valence-corrected chi connectivity index (χ4v) is 2.25. The molecule has 25 heavy (non-hydrogen) atoms. The van der Waals surface area contributed by atoms with Gasteiger partial charge in [-0.25, -0.2) is 0 Å². The minimum absolute atomic E-state index is 0.0660. The van der Waals surface area contributed by atoms with Crippen molar-refractivity contribution in [1.29, 1.82) is 0 Å². The molecule has 0 aromatic rings. The maximum absolute atomic E-state index is 10.2. The van der Waals surface area contributed by atoms with Crippen LogP contribution in [-0.4, -0.2) is 68.3 Å². The van der Waals surface area contributed by atoms with Crippen LogP contribution in [-0.2, 0) is 9.47 Å². The van der Waals surface area contributed by atoms with Gasteiger partial charge in [0, 0.05) is 19.2 Å². The van der Waals surface area contributed by atoms with Gasteiger partial charge in [0.05, 0.1) is 19.8 Å². The number of aliphatic hydroxyl groups excluding tert-OH is 2. The maximum Gasteiger partial charge on any atom is 0.130 e. The van der Waals surface area contributed by atoms with Crippen LogP contribution < -0.4 is 0 Å². The second kappa shape index (κ2) is 16.6. The zero-order chi connectivity index (χ0) is 19.8. The number of aliphatic hydroxyl groups is 2. The summed E-state index contributed by atoms with van der Waals surface area (Å²) in [6.07, 6.45) is 5.17. The molecule has 0 aromatic heterocycles. The Hall–Kier alpha value is -0.880. The molecule has 0 amide bonds. The molecule has 3 atom stereocenters. The molecule has 0 bridgehead atoms. The van der Waals surface area contributed by atoms with E-state index in [1.54, 1.807) is 14.2 Å². The third-order valence-electron chi connectivity index (χ3n) is 4.25. The van der Waals surface area contributed by atoms with Gasteiger partial charge in [0.25, 0.3) is 0 Å². The Kier molecular flexibility index (Phi) is 17.5. The largest absolute Gasteiger partial charge is 0.498 e. The smallest absolute Gasteiger partial charge is 0.130 e. The standard InChI is InChI=1S/C13H22O3.C5H13NO.C2H6/c1-5-9(2)12(14)10-7-6-8-11(15-3)13(10)16-4;1-3-6(2)4-5-7;1-2/h6-7,9,11-12,14H,5,8H2,1-4H3;7H,3-5H2,1-2H3;1-2H3/t9?,11-,12?;;/m1../s1. The van der Waals surface area contributed by atoms with Crippen molar-refractivity contribution in [3.05, 3.63) is 23.5 Å². The molecule has 0 fully saturated rings. The molecule has 0 aliphatic heterocycles. The summed E-state index contributed by atoms with van der Waals surface area (Å²) in [6, 6.07) is 0. The highest BCUT2D eigenvalue weighted by Gasteiger charge is 2.26. The number of hydrogen-bond donors (Lipinski definition) is 2. The summed E-state index contributed by atoms with van der Waals surface area (Å²) >= 11 is 0. The van der Waals surface area contributed by atoms with Gasteiger partial charge in [-0.15, -0.1) is 0 Å². The van der Waals surface area contributed by atoms with Gasteiger partial charge in [-0.3, -0.25) is 0 Å². The van der Waals surface area contributed by atoms with Gasteiger partial charge in [0.2, 0.25) is 0 Å². The van der Waals surface area contributed by atoms with Gasteiger partial charge >= 0.3 is 0 Å². The van der Waals surface area contributed by atoms with E-state index >= 15 is 0 Å². The number of ether oxygens (including phenoxy) is 2. The number of methoxy groups -OCH3 is 2. The van der Waals surface area contributed by atoms with E-state index in [4.69, 9.17) is 14.6 Å². The first-order valence-electron chi connectivity index (χ1n) is 9.41. The fraction of sp³-hybridized carbons (Fsp3) is 0.800. The molecule has 0 saturated carbocycles. The van der Waals surface area contributed by atoms with Crippen LogP contribution in [0.3, 0.4) is 0 Å². The van der Waals surface area contributed by atoms with Crippen LogP contribution in [0.5, 0.6) is 0 Å². The van der Waals surface area contributed by atoms with E-state index in [0.29, 0.717) is 0 Å². The Morgan fingerprint density at radius 2 is 1.88 bits per heavy atom. The summed E-state index contributed by atoms with van der Waals surface area (Å²) in [7, 11) is 5.27. The summed E-state index contributed by atoms with van der Waals surface area (Å²) in [6.45, 7) is 12.2. The summed E-state index contributed by atoms with van der Waals surface area (Å²) < 4.78 is 10.7. The molecule has 150 valence electrons. The van der Waals surface area contributed by atoms with Crippen LogP contribution in [0.15, 0.2) is 23.5 Å². The lowest BCUT2D eigenvalue weighted by molar-refractivity contribution is 0.0678. The average Bonchev–Trinajstić information content (AvgIpc) is 2.68. The van der Waals surface area contributed by atoms with Crippen LogP contribution in [0.2, 0.25) is 0 Å². The minimum atomic E-state index is -0.478. The molecule has 0 heterocycles. The highest BCUT2D eigenvalue weighted by Crippen LogP contribution is 2.28. The van der Waals surface area contributed by atoms with Crippen molar-refractivity contribution in [2.45, 2.75) is 59.7 Å². The number of hydrogen-bond acceptors (Lipinski definition) is 5. The van der Waals surface area contributed by atoms with Crippen molar-refractivity contribution in [3.8, 4) is 0 Å². The van der Waals surface area contributed by atoms with Crippen LogP contribution in [0.4, 0.5) is 0 Å². The Labute approximate surface area is 155 Å². The first kappa shape index (κ1) is 26.4. The van der Waals surface area contributed by atoms with Crippen molar-refractivity contribution in [2.75, 3.05) is 41.0 Å². The van der Waals surface area contributed by atoms with Gasteiger partial charge in [-0.05, 0) is 25.9 Å². The van der Waals surface area contributed by atoms with E-state index in [-0.39, 0.29) is 18.6 Å². The van der Waals surface area contributed by atoms with E-state index in [2.05, 4.69) is 18.7 Å². The SMILES string of the molecule is CC.CCC(C)C(O)C1=C(OC)[C@H](OC)CC=C1.CCN(C)CCO. The van der Waals surface area contributed by atoms with Gasteiger partial charge in [0.15, 0.2) is 0 Å². The predicted molar refractivity (Wildman–Crippen MR) is 106 cm³/mol. The summed E-state index contributed by atoms with van der Waals surface area (Å²) in [5.74, 6) is 0.984. The first-order chi connectivity index (χ1) is 12.0. The number of nitrogens with zero attached hydrogens (tertiary/aromatic N) is 1. The molecular weight excluding hydrogens is 318 g/mol. The lowest BCUT2D eigenvalue weighted by atomic mass is 9.90. The lowest BCUT2D eigenvalue weighted by Crippen LogP contribution is -2.27. The molecule has 2 N–H and O–H groups in total. The summed E-state index contributed by atoms with van der Waals surface area (Å²) in [5, 5.41) is 18.5. The van der Waals surface area contributed by atoms with E-state index in [1.807, 2.05) is 40.0 Å². The topological polar surface area (TPSA) is 62.2 Å². The summed E-state index contributed by atoms with van der Waals surface area (Å²) in [5.41, 5.74) is 0.856. The van der Waals surface area contributed by atoms with Crippen molar-refractivity contribution in [3.63, 3.8) is 0 Å². The second-order valence-electron chi connectivity index (χ2n) is 5.84.